The molecule has 5 heteroatoms. The Morgan fingerprint density at radius 1 is 0.621 bits per heavy atom. The van der Waals surface area contributed by atoms with Crippen molar-refractivity contribution >= 4 is 29.0 Å². The van der Waals surface area contributed by atoms with E-state index in [-0.39, 0.29) is 30.4 Å². The average Bonchev–Trinajstić information content (AvgIpc) is 2.71. The van der Waals surface area contributed by atoms with E-state index in [4.69, 9.17) is 4.18 Å². The van der Waals surface area contributed by atoms with Gasteiger partial charge in [-0.15, -0.1) is 0 Å². The van der Waals surface area contributed by atoms with Crippen LogP contribution in [0.3, 0.4) is 0 Å². The van der Waals surface area contributed by atoms with Gasteiger partial charge < -0.3 is 0 Å². The third kappa shape index (κ3) is 16.1. The standard InChI is InChI=1S/C24H42O3S.Li.H/c1-2-3-4-5-6-7-8-9-10-11-12-13-14-15-16-20-23-27-28(25,26)24-21-18-17-19-22-24;;/h17-19,21-22H,2-16,20,23H2,1H3;;. The van der Waals surface area contributed by atoms with E-state index in [0.717, 1.165) is 12.8 Å². The molecule has 0 aliphatic carbocycles. The van der Waals surface area contributed by atoms with Crippen LogP contribution < -0.4 is 0 Å². The maximum atomic E-state index is 12.0. The summed E-state index contributed by atoms with van der Waals surface area (Å²) in [7, 11) is -3.58. The second kappa shape index (κ2) is 19.7. The Kier molecular flexibility index (Phi) is 19.5. The quantitative estimate of drug-likeness (QED) is 0.138. The van der Waals surface area contributed by atoms with Gasteiger partial charge in [0.05, 0.1) is 11.5 Å². The van der Waals surface area contributed by atoms with Crippen molar-refractivity contribution in [1.82, 2.24) is 0 Å². The predicted molar refractivity (Wildman–Crippen MR) is 126 cm³/mol. The molecule has 0 heterocycles. The third-order valence-corrected chi connectivity index (χ3v) is 6.59. The van der Waals surface area contributed by atoms with Crippen molar-refractivity contribution in [3.05, 3.63) is 30.3 Å². The SMILES string of the molecule is CCCCCCCCCCCCCCCCCCOS(=O)(=O)c1ccccc1.[LiH]. The van der Waals surface area contributed by atoms with E-state index in [2.05, 4.69) is 6.92 Å². The summed E-state index contributed by atoms with van der Waals surface area (Å²) in [5.41, 5.74) is 0. The molecular weight excluding hydrogens is 375 g/mol. The van der Waals surface area contributed by atoms with Crippen LogP contribution in [-0.2, 0) is 14.3 Å². The third-order valence-electron chi connectivity index (χ3n) is 5.27. The van der Waals surface area contributed by atoms with Gasteiger partial charge in [0.15, 0.2) is 0 Å². The van der Waals surface area contributed by atoms with Gasteiger partial charge >= 0.3 is 18.9 Å². The van der Waals surface area contributed by atoms with Crippen molar-refractivity contribution in [3.8, 4) is 0 Å². The van der Waals surface area contributed by atoms with Gasteiger partial charge in [-0.25, -0.2) is 0 Å². The molecule has 0 aliphatic rings. The molecule has 1 aromatic rings. The number of hydrogen-bond donors (Lipinski definition) is 0. The van der Waals surface area contributed by atoms with Gasteiger partial charge in [-0.2, -0.15) is 8.42 Å². The van der Waals surface area contributed by atoms with Crippen molar-refractivity contribution in [3.63, 3.8) is 0 Å². The van der Waals surface area contributed by atoms with Crippen LogP contribution >= 0.6 is 0 Å². The second-order valence-corrected chi connectivity index (χ2v) is 9.51. The normalized spacial score (nSPS) is 11.3. The summed E-state index contributed by atoms with van der Waals surface area (Å²) in [6.07, 6.45) is 20.9. The van der Waals surface area contributed by atoms with Crippen LogP contribution in [-0.4, -0.2) is 33.9 Å². The topological polar surface area (TPSA) is 43.4 Å². The first-order valence-corrected chi connectivity index (χ1v) is 13.0. The van der Waals surface area contributed by atoms with E-state index in [1.165, 1.54) is 89.9 Å². The molecule has 164 valence electrons. The van der Waals surface area contributed by atoms with Crippen LogP contribution in [0.5, 0.6) is 0 Å². The van der Waals surface area contributed by atoms with Crippen LogP contribution in [0.15, 0.2) is 35.2 Å². The molecular formula is C24H43LiO3S. The molecule has 0 radical (unpaired) electrons. The predicted octanol–water partition coefficient (Wildman–Crippen LogP) is 7.00. The van der Waals surface area contributed by atoms with Crippen molar-refractivity contribution in [2.75, 3.05) is 6.61 Å². The van der Waals surface area contributed by atoms with Crippen molar-refractivity contribution in [1.29, 1.82) is 0 Å². The van der Waals surface area contributed by atoms with Crippen LogP contribution in [0.25, 0.3) is 0 Å². The summed E-state index contributed by atoms with van der Waals surface area (Å²) in [6, 6.07) is 8.37. The molecule has 0 spiro atoms. The first-order valence-electron chi connectivity index (χ1n) is 11.6. The van der Waals surface area contributed by atoms with Crippen LogP contribution in [0.4, 0.5) is 0 Å². The van der Waals surface area contributed by atoms with Gasteiger partial charge in [0.1, 0.15) is 0 Å². The van der Waals surface area contributed by atoms with E-state index < -0.39 is 10.1 Å². The Hall–Kier alpha value is -0.273. The first-order chi connectivity index (χ1) is 13.7. The van der Waals surface area contributed by atoms with Gasteiger partial charge in [-0.1, -0.05) is 121 Å². The summed E-state index contributed by atoms with van der Waals surface area (Å²) in [5, 5.41) is 0. The van der Waals surface area contributed by atoms with Crippen molar-refractivity contribution in [2.24, 2.45) is 0 Å². The summed E-state index contributed by atoms with van der Waals surface area (Å²) in [6.45, 7) is 2.56. The molecule has 1 aromatic carbocycles. The zero-order valence-corrected chi connectivity index (χ0v) is 18.9. The molecule has 0 atom stereocenters. The van der Waals surface area contributed by atoms with Gasteiger partial charge in [0, 0.05) is 0 Å². The molecule has 0 saturated carbocycles. The Bertz CT molecular complexity index is 561. The Morgan fingerprint density at radius 2 is 1.00 bits per heavy atom. The Balaban J connectivity index is 0.00000784. The van der Waals surface area contributed by atoms with Crippen molar-refractivity contribution in [2.45, 2.75) is 115 Å². The minimum atomic E-state index is -3.58. The summed E-state index contributed by atoms with van der Waals surface area (Å²) in [5.74, 6) is 0. The molecule has 0 amide bonds. The summed E-state index contributed by atoms with van der Waals surface area (Å²) in [4.78, 5) is 0.242. The number of unbranched alkanes of at least 4 members (excludes halogenated alkanes) is 15. The number of benzene rings is 1. The monoisotopic (exact) mass is 418 g/mol. The molecule has 0 N–H and O–H groups in total. The van der Waals surface area contributed by atoms with Gasteiger partial charge in [0.2, 0.25) is 0 Å². The van der Waals surface area contributed by atoms with E-state index >= 15 is 0 Å². The fourth-order valence-electron chi connectivity index (χ4n) is 3.47. The molecule has 0 aromatic heterocycles. The second-order valence-electron chi connectivity index (χ2n) is 7.89. The fourth-order valence-corrected chi connectivity index (χ4v) is 4.44. The summed E-state index contributed by atoms with van der Waals surface area (Å²) >= 11 is 0. The van der Waals surface area contributed by atoms with E-state index in [1.807, 2.05) is 0 Å². The van der Waals surface area contributed by atoms with Crippen LogP contribution in [0, 0.1) is 0 Å². The fraction of sp³-hybridized carbons (Fsp3) is 0.750. The minimum absolute atomic E-state index is 0. The number of rotatable bonds is 19. The van der Waals surface area contributed by atoms with E-state index in [9.17, 15) is 8.42 Å². The Morgan fingerprint density at radius 3 is 1.41 bits per heavy atom. The molecule has 0 bridgehead atoms. The average molecular weight is 419 g/mol. The first kappa shape index (κ1) is 28.7. The van der Waals surface area contributed by atoms with Gasteiger partial charge in [-0.3, -0.25) is 4.18 Å². The zero-order chi connectivity index (χ0) is 20.3. The van der Waals surface area contributed by atoms with E-state index in [1.54, 1.807) is 30.3 Å². The maximum absolute atomic E-state index is 12.0. The summed E-state index contributed by atoms with van der Waals surface area (Å²) < 4.78 is 29.0. The van der Waals surface area contributed by atoms with E-state index in [0.29, 0.717) is 0 Å². The molecule has 29 heavy (non-hydrogen) atoms. The molecule has 0 aliphatic heterocycles. The molecule has 0 saturated heterocycles. The van der Waals surface area contributed by atoms with Crippen LogP contribution in [0.2, 0.25) is 0 Å². The number of hydrogen-bond acceptors (Lipinski definition) is 3. The molecule has 0 unspecified atom stereocenters. The van der Waals surface area contributed by atoms with Crippen LogP contribution in [0.1, 0.15) is 110 Å². The molecule has 3 nitrogen and oxygen atoms in total. The van der Waals surface area contributed by atoms with Crippen molar-refractivity contribution < 1.29 is 12.6 Å². The Labute approximate surface area is 192 Å². The van der Waals surface area contributed by atoms with Gasteiger partial charge in [0.25, 0.3) is 10.1 Å². The molecule has 1 rings (SSSR count). The van der Waals surface area contributed by atoms with Gasteiger partial charge in [-0.05, 0) is 18.6 Å². The zero-order valence-electron chi connectivity index (χ0n) is 18.0. The molecule has 0 fully saturated rings.